The van der Waals surface area contributed by atoms with Crippen LogP contribution in [0.2, 0.25) is 0 Å². The molecule has 0 aliphatic carbocycles. The van der Waals surface area contributed by atoms with Crippen LogP contribution in [0.1, 0.15) is 28.8 Å². The van der Waals surface area contributed by atoms with E-state index in [-0.39, 0.29) is 24.6 Å². The quantitative estimate of drug-likeness (QED) is 0.872. The molecule has 3 aliphatic rings. The Bertz CT molecular complexity index is 943. The van der Waals surface area contributed by atoms with Crippen LogP contribution < -0.4 is 25.0 Å². The van der Waals surface area contributed by atoms with Gasteiger partial charge in [-0.15, -0.1) is 0 Å². The van der Waals surface area contributed by atoms with E-state index in [9.17, 15) is 9.59 Å². The number of rotatable bonds is 3. The minimum atomic E-state index is -0.187. The van der Waals surface area contributed by atoms with Gasteiger partial charge in [-0.05, 0) is 48.7 Å². The van der Waals surface area contributed by atoms with Crippen molar-refractivity contribution in [3.8, 4) is 11.5 Å². The molecular weight excluding hydrogens is 346 g/mol. The average molecular weight is 365 g/mol. The summed E-state index contributed by atoms with van der Waals surface area (Å²) in [4.78, 5) is 26.9. The van der Waals surface area contributed by atoms with Crippen LogP contribution in [0.25, 0.3) is 0 Å². The SMILES string of the molecule is O=C(NCc1ccc2c(c1)OCO2)c1ccc2c(c1)NC(=O)[C@H]1CCCN21. The van der Waals surface area contributed by atoms with Gasteiger partial charge in [0.2, 0.25) is 12.7 Å². The molecule has 7 heteroatoms. The summed E-state index contributed by atoms with van der Waals surface area (Å²) in [5.41, 5.74) is 3.14. The predicted octanol–water partition coefficient (Wildman–Crippen LogP) is 2.27. The Morgan fingerprint density at radius 1 is 1.19 bits per heavy atom. The third kappa shape index (κ3) is 2.75. The Morgan fingerprint density at radius 3 is 3.00 bits per heavy atom. The number of nitrogens with zero attached hydrogens (tertiary/aromatic N) is 1. The van der Waals surface area contributed by atoms with Crippen molar-refractivity contribution >= 4 is 23.2 Å². The van der Waals surface area contributed by atoms with E-state index in [1.54, 1.807) is 12.1 Å². The lowest BCUT2D eigenvalue weighted by Gasteiger charge is -2.33. The van der Waals surface area contributed by atoms with E-state index >= 15 is 0 Å². The van der Waals surface area contributed by atoms with E-state index in [4.69, 9.17) is 9.47 Å². The van der Waals surface area contributed by atoms with Crippen molar-refractivity contribution < 1.29 is 19.1 Å². The highest BCUT2D eigenvalue weighted by Gasteiger charge is 2.36. The smallest absolute Gasteiger partial charge is 0.251 e. The molecule has 3 heterocycles. The lowest BCUT2D eigenvalue weighted by molar-refractivity contribution is -0.117. The summed E-state index contributed by atoms with van der Waals surface area (Å²) in [7, 11) is 0. The fourth-order valence-corrected chi connectivity index (χ4v) is 3.91. The van der Waals surface area contributed by atoms with Gasteiger partial charge in [-0.25, -0.2) is 0 Å². The molecule has 2 aromatic rings. The summed E-state index contributed by atoms with van der Waals surface area (Å²) in [6, 6.07) is 11.0. The summed E-state index contributed by atoms with van der Waals surface area (Å²) in [6.45, 7) is 1.48. The number of hydrogen-bond acceptors (Lipinski definition) is 5. The molecule has 1 saturated heterocycles. The Labute approximate surface area is 156 Å². The van der Waals surface area contributed by atoms with Crippen molar-refractivity contribution in [1.82, 2.24) is 5.32 Å². The second-order valence-electron chi connectivity index (χ2n) is 6.94. The van der Waals surface area contributed by atoms with Crippen LogP contribution in [0.4, 0.5) is 11.4 Å². The van der Waals surface area contributed by atoms with Gasteiger partial charge in [0.05, 0.1) is 11.4 Å². The number of hydrogen-bond donors (Lipinski definition) is 2. The van der Waals surface area contributed by atoms with E-state index in [1.165, 1.54) is 0 Å². The zero-order valence-electron chi connectivity index (χ0n) is 14.7. The van der Waals surface area contributed by atoms with Gasteiger partial charge in [0.15, 0.2) is 11.5 Å². The molecule has 2 amide bonds. The monoisotopic (exact) mass is 365 g/mol. The van der Waals surface area contributed by atoms with Gasteiger partial charge >= 0.3 is 0 Å². The van der Waals surface area contributed by atoms with Crippen LogP contribution in [-0.2, 0) is 11.3 Å². The first-order chi connectivity index (χ1) is 13.2. The van der Waals surface area contributed by atoms with Crippen LogP contribution in [0.3, 0.4) is 0 Å². The Balaban J connectivity index is 1.31. The van der Waals surface area contributed by atoms with E-state index < -0.39 is 0 Å². The average Bonchev–Trinajstić information content (AvgIpc) is 3.35. The largest absolute Gasteiger partial charge is 0.454 e. The Morgan fingerprint density at radius 2 is 2.07 bits per heavy atom. The molecule has 0 aromatic heterocycles. The van der Waals surface area contributed by atoms with Gasteiger partial charge in [-0.3, -0.25) is 9.59 Å². The number of fused-ring (bicyclic) bond motifs is 4. The normalized spacial score (nSPS) is 19.3. The van der Waals surface area contributed by atoms with Gasteiger partial charge in [0, 0.05) is 18.7 Å². The van der Waals surface area contributed by atoms with Gasteiger partial charge < -0.3 is 25.0 Å². The molecule has 5 rings (SSSR count). The highest BCUT2D eigenvalue weighted by Crippen LogP contribution is 2.37. The molecular formula is C20H19N3O4. The summed E-state index contributed by atoms with van der Waals surface area (Å²) in [5, 5.41) is 5.85. The third-order valence-corrected chi connectivity index (χ3v) is 5.27. The number of benzene rings is 2. The number of carbonyl (C=O) groups excluding carboxylic acids is 2. The number of amides is 2. The predicted molar refractivity (Wildman–Crippen MR) is 99.2 cm³/mol. The highest BCUT2D eigenvalue weighted by atomic mass is 16.7. The molecule has 138 valence electrons. The highest BCUT2D eigenvalue weighted by molar-refractivity contribution is 6.06. The van der Waals surface area contributed by atoms with Crippen LogP contribution in [0.15, 0.2) is 36.4 Å². The molecule has 0 saturated carbocycles. The van der Waals surface area contributed by atoms with Crippen molar-refractivity contribution in [3.63, 3.8) is 0 Å². The molecule has 2 aromatic carbocycles. The molecule has 27 heavy (non-hydrogen) atoms. The minimum absolute atomic E-state index is 0.0120. The van der Waals surface area contributed by atoms with E-state index in [2.05, 4.69) is 15.5 Å². The summed E-state index contributed by atoms with van der Waals surface area (Å²) in [5.74, 6) is 1.24. The fourth-order valence-electron chi connectivity index (χ4n) is 3.91. The van der Waals surface area contributed by atoms with Gasteiger partial charge in [0.25, 0.3) is 5.91 Å². The molecule has 0 radical (unpaired) electrons. The van der Waals surface area contributed by atoms with Crippen molar-refractivity contribution in [1.29, 1.82) is 0 Å². The Hall–Kier alpha value is -3.22. The second kappa shape index (κ2) is 6.19. The van der Waals surface area contributed by atoms with E-state index in [0.717, 1.165) is 36.4 Å². The number of anilines is 2. The van der Waals surface area contributed by atoms with Gasteiger partial charge in [0.1, 0.15) is 6.04 Å². The van der Waals surface area contributed by atoms with Crippen molar-refractivity contribution in [2.75, 3.05) is 23.6 Å². The maximum Gasteiger partial charge on any atom is 0.251 e. The van der Waals surface area contributed by atoms with Gasteiger partial charge in [-0.1, -0.05) is 6.07 Å². The summed E-state index contributed by atoms with van der Waals surface area (Å²) in [6.07, 6.45) is 1.89. The van der Waals surface area contributed by atoms with Crippen molar-refractivity contribution in [2.24, 2.45) is 0 Å². The third-order valence-electron chi connectivity index (χ3n) is 5.27. The van der Waals surface area contributed by atoms with Crippen LogP contribution >= 0.6 is 0 Å². The maximum atomic E-state index is 12.6. The first-order valence-corrected chi connectivity index (χ1v) is 9.07. The zero-order chi connectivity index (χ0) is 18.4. The van der Waals surface area contributed by atoms with E-state index in [1.807, 2.05) is 24.3 Å². The summed E-state index contributed by atoms with van der Waals surface area (Å²) >= 11 is 0. The fraction of sp³-hybridized carbons (Fsp3) is 0.300. The Kier molecular flexibility index (Phi) is 3.67. The number of nitrogens with one attached hydrogen (secondary N) is 2. The van der Waals surface area contributed by atoms with Crippen LogP contribution in [0, 0.1) is 0 Å². The lowest BCUT2D eigenvalue weighted by atomic mass is 10.1. The first-order valence-electron chi connectivity index (χ1n) is 9.07. The second-order valence-corrected chi connectivity index (χ2v) is 6.94. The minimum Gasteiger partial charge on any atom is -0.454 e. The van der Waals surface area contributed by atoms with Crippen LogP contribution in [0.5, 0.6) is 11.5 Å². The molecule has 0 bridgehead atoms. The maximum absolute atomic E-state index is 12.6. The molecule has 0 unspecified atom stereocenters. The van der Waals surface area contributed by atoms with Crippen molar-refractivity contribution in [2.45, 2.75) is 25.4 Å². The van der Waals surface area contributed by atoms with Crippen molar-refractivity contribution in [3.05, 3.63) is 47.5 Å². The number of carbonyl (C=O) groups is 2. The molecule has 7 nitrogen and oxygen atoms in total. The molecule has 2 N–H and O–H groups in total. The van der Waals surface area contributed by atoms with Crippen LogP contribution in [-0.4, -0.2) is 31.2 Å². The lowest BCUT2D eigenvalue weighted by Crippen LogP contribution is -2.44. The topological polar surface area (TPSA) is 79.9 Å². The first kappa shape index (κ1) is 16.0. The van der Waals surface area contributed by atoms with E-state index in [0.29, 0.717) is 23.5 Å². The molecule has 3 aliphatic heterocycles. The molecule has 1 fully saturated rings. The summed E-state index contributed by atoms with van der Waals surface area (Å²) < 4.78 is 10.6. The standard InChI is InChI=1S/C20H19N3O4/c24-19(21-10-12-3-6-17-18(8-12)27-11-26-17)13-4-5-15-14(9-13)22-20(25)16-2-1-7-23(15)16/h3-6,8-9,16H,1-2,7,10-11H2,(H,21,24)(H,22,25)/t16-/m1/s1. The van der Waals surface area contributed by atoms with Gasteiger partial charge in [-0.2, -0.15) is 0 Å². The number of ether oxygens (including phenoxy) is 2. The molecule has 0 spiro atoms. The molecule has 1 atom stereocenters. The zero-order valence-corrected chi connectivity index (χ0v) is 14.7.